The number of hydrogen-bond donors (Lipinski definition) is 1. The molecule has 1 aromatic rings. The minimum absolute atomic E-state index is 0.262. The van der Waals surface area contributed by atoms with Gasteiger partial charge in [0, 0.05) is 0 Å². The first-order chi connectivity index (χ1) is 8.99. The monoisotopic (exact) mass is 263 g/mol. The maximum absolute atomic E-state index is 6.12. The first-order valence-electron chi connectivity index (χ1n) is 7.26. The van der Waals surface area contributed by atoms with Gasteiger partial charge in [-0.05, 0) is 37.0 Å². The average molecular weight is 263 g/mol. The second-order valence-corrected chi connectivity index (χ2v) is 6.14. The van der Waals surface area contributed by atoms with Crippen molar-refractivity contribution >= 4 is 5.82 Å². The Kier molecular flexibility index (Phi) is 4.27. The quantitative estimate of drug-likeness (QED) is 0.908. The van der Waals surface area contributed by atoms with Crippen molar-refractivity contribution < 1.29 is 4.74 Å². The topological polar surface area (TPSA) is 61.0 Å². The van der Waals surface area contributed by atoms with E-state index in [1.54, 1.807) is 0 Å². The molecule has 4 heteroatoms. The van der Waals surface area contributed by atoms with E-state index in [-0.39, 0.29) is 12.0 Å². The van der Waals surface area contributed by atoms with E-state index < -0.39 is 0 Å². The van der Waals surface area contributed by atoms with Crippen molar-refractivity contribution in [1.82, 2.24) is 9.97 Å². The molecule has 0 spiro atoms. The Morgan fingerprint density at radius 2 is 1.95 bits per heavy atom. The summed E-state index contributed by atoms with van der Waals surface area (Å²) in [6, 6.07) is 0. The van der Waals surface area contributed by atoms with Gasteiger partial charge < -0.3 is 10.5 Å². The zero-order valence-corrected chi connectivity index (χ0v) is 12.4. The molecule has 0 radical (unpaired) electrons. The van der Waals surface area contributed by atoms with E-state index >= 15 is 0 Å². The van der Waals surface area contributed by atoms with Crippen LogP contribution < -0.4 is 10.5 Å². The van der Waals surface area contributed by atoms with Gasteiger partial charge in [-0.1, -0.05) is 27.7 Å². The third-order valence-corrected chi connectivity index (χ3v) is 4.28. The fraction of sp³-hybridized carbons (Fsp3) is 0.733. The highest BCUT2D eigenvalue weighted by Crippen LogP contribution is 2.34. The Labute approximate surface area is 115 Å². The summed E-state index contributed by atoms with van der Waals surface area (Å²) >= 11 is 0. The number of ether oxygens (including phenoxy) is 1. The summed E-state index contributed by atoms with van der Waals surface area (Å²) in [5.41, 5.74) is 6.88. The Balaban J connectivity index is 2.13. The van der Waals surface area contributed by atoms with Crippen LogP contribution in [0.25, 0.3) is 0 Å². The minimum atomic E-state index is 0.262. The van der Waals surface area contributed by atoms with Crippen LogP contribution in [0.3, 0.4) is 0 Å². The number of rotatable bonds is 3. The summed E-state index contributed by atoms with van der Waals surface area (Å²) in [6.07, 6.45) is 5.18. The lowest BCUT2D eigenvalue weighted by molar-refractivity contribution is 0.0951. The van der Waals surface area contributed by atoms with Crippen molar-refractivity contribution in [3.8, 4) is 5.88 Å². The van der Waals surface area contributed by atoms with Gasteiger partial charge in [-0.15, -0.1) is 0 Å². The lowest BCUT2D eigenvalue weighted by atomic mass is 9.80. The fourth-order valence-electron chi connectivity index (χ4n) is 2.79. The smallest absolute Gasteiger partial charge is 0.222 e. The zero-order chi connectivity index (χ0) is 14.0. The second kappa shape index (κ2) is 5.76. The van der Waals surface area contributed by atoms with Crippen molar-refractivity contribution in [3.63, 3.8) is 0 Å². The van der Waals surface area contributed by atoms with Crippen LogP contribution in [0.2, 0.25) is 0 Å². The van der Waals surface area contributed by atoms with E-state index in [0.29, 0.717) is 17.6 Å². The van der Waals surface area contributed by atoms with Gasteiger partial charge in [0.2, 0.25) is 5.88 Å². The lowest BCUT2D eigenvalue weighted by Crippen LogP contribution is -2.29. The normalized spacial score (nSPS) is 27.5. The number of anilines is 1. The number of nitrogen functional groups attached to an aromatic ring is 1. The number of aromatic nitrogens is 2. The summed E-state index contributed by atoms with van der Waals surface area (Å²) in [4.78, 5) is 8.35. The van der Waals surface area contributed by atoms with Crippen LogP contribution in [0.15, 0.2) is 6.33 Å². The Bertz CT molecular complexity index is 433. The molecule has 2 rings (SSSR count). The molecule has 0 bridgehead atoms. The summed E-state index contributed by atoms with van der Waals surface area (Å²) in [7, 11) is 0. The molecule has 3 unspecified atom stereocenters. The zero-order valence-electron chi connectivity index (χ0n) is 12.4. The van der Waals surface area contributed by atoms with Gasteiger partial charge in [-0.3, -0.25) is 0 Å². The highest BCUT2D eigenvalue weighted by Gasteiger charge is 2.27. The van der Waals surface area contributed by atoms with E-state index in [4.69, 9.17) is 10.5 Å². The maximum atomic E-state index is 6.12. The highest BCUT2D eigenvalue weighted by molar-refractivity contribution is 5.46. The van der Waals surface area contributed by atoms with Gasteiger partial charge >= 0.3 is 0 Å². The van der Waals surface area contributed by atoms with Crippen LogP contribution in [0.5, 0.6) is 5.88 Å². The van der Waals surface area contributed by atoms with Crippen molar-refractivity contribution in [1.29, 1.82) is 0 Å². The SMILES string of the molecule is CC(C)c1c(N)ncnc1OC1CCC(C)C(C)C1. The van der Waals surface area contributed by atoms with Gasteiger partial charge in [-0.25, -0.2) is 9.97 Å². The predicted octanol–water partition coefficient (Wildman–Crippen LogP) is 3.39. The Morgan fingerprint density at radius 1 is 1.21 bits per heavy atom. The van der Waals surface area contributed by atoms with Crippen molar-refractivity contribution in [2.45, 2.75) is 59.0 Å². The van der Waals surface area contributed by atoms with E-state index in [9.17, 15) is 0 Å². The molecule has 106 valence electrons. The van der Waals surface area contributed by atoms with Crippen molar-refractivity contribution in [3.05, 3.63) is 11.9 Å². The van der Waals surface area contributed by atoms with Gasteiger partial charge in [0.05, 0.1) is 5.56 Å². The van der Waals surface area contributed by atoms with E-state index in [0.717, 1.165) is 24.3 Å². The molecule has 3 atom stereocenters. The minimum Gasteiger partial charge on any atom is -0.474 e. The summed E-state index contributed by atoms with van der Waals surface area (Å²) in [5.74, 6) is 2.99. The molecule has 1 heterocycles. The molecule has 1 aromatic heterocycles. The Morgan fingerprint density at radius 3 is 2.58 bits per heavy atom. The highest BCUT2D eigenvalue weighted by atomic mass is 16.5. The van der Waals surface area contributed by atoms with Crippen LogP contribution in [0.4, 0.5) is 5.82 Å². The molecule has 1 saturated carbocycles. The fourth-order valence-corrected chi connectivity index (χ4v) is 2.79. The van der Waals surface area contributed by atoms with E-state index in [1.165, 1.54) is 12.7 Å². The standard InChI is InChI=1S/C15H25N3O/c1-9(2)13-14(16)17-8-18-15(13)19-12-6-5-10(3)11(4)7-12/h8-12H,5-7H2,1-4H3,(H2,16,17,18). The molecule has 1 fully saturated rings. The van der Waals surface area contributed by atoms with Crippen LogP contribution in [0.1, 0.15) is 58.4 Å². The second-order valence-electron chi connectivity index (χ2n) is 6.14. The molecule has 1 aliphatic rings. The van der Waals surface area contributed by atoms with Gasteiger partial charge in [0.1, 0.15) is 18.2 Å². The summed E-state index contributed by atoms with van der Waals surface area (Å²) in [5, 5.41) is 0. The summed E-state index contributed by atoms with van der Waals surface area (Å²) < 4.78 is 6.12. The molecule has 1 aliphatic carbocycles. The number of nitrogens with two attached hydrogens (primary N) is 1. The van der Waals surface area contributed by atoms with Crippen LogP contribution >= 0.6 is 0 Å². The van der Waals surface area contributed by atoms with Gasteiger partial charge in [0.25, 0.3) is 0 Å². The molecule has 0 saturated heterocycles. The Hall–Kier alpha value is -1.32. The number of hydrogen-bond acceptors (Lipinski definition) is 4. The van der Waals surface area contributed by atoms with Crippen molar-refractivity contribution in [2.75, 3.05) is 5.73 Å². The average Bonchev–Trinajstić information content (AvgIpc) is 2.33. The lowest BCUT2D eigenvalue weighted by Gasteiger charge is -2.32. The third-order valence-electron chi connectivity index (χ3n) is 4.28. The molecule has 19 heavy (non-hydrogen) atoms. The molecular weight excluding hydrogens is 238 g/mol. The number of nitrogens with zero attached hydrogens (tertiary/aromatic N) is 2. The van der Waals surface area contributed by atoms with E-state index in [2.05, 4.69) is 37.7 Å². The van der Waals surface area contributed by atoms with Gasteiger partial charge in [0.15, 0.2) is 0 Å². The maximum Gasteiger partial charge on any atom is 0.222 e. The largest absolute Gasteiger partial charge is 0.474 e. The van der Waals surface area contributed by atoms with Crippen LogP contribution in [-0.4, -0.2) is 16.1 Å². The van der Waals surface area contributed by atoms with Gasteiger partial charge in [-0.2, -0.15) is 0 Å². The first-order valence-corrected chi connectivity index (χ1v) is 7.26. The molecule has 0 aliphatic heterocycles. The predicted molar refractivity (Wildman–Crippen MR) is 77.1 cm³/mol. The van der Waals surface area contributed by atoms with Crippen molar-refractivity contribution in [2.24, 2.45) is 11.8 Å². The van der Waals surface area contributed by atoms with E-state index in [1.807, 2.05) is 0 Å². The molecular formula is C15H25N3O. The molecule has 0 aromatic carbocycles. The third kappa shape index (κ3) is 3.17. The molecule has 2 N–H and O–H groups in total. The molecule has 0 amide bonds. The molecule has 4 nitrogen and oxygen atoms in total. The summed E-state index contributed by atoms with van der Waals surface area (Å²) in [6.45, 7) is 8.81. The van der Waals surface area contributed by atoms with Crippen LogP contribution in [-0.2, 0) is 0 Å². The first kappa shape index (κ1) is 14.1. The van der Waals surface area contributed by atoms with Crippen LogP contribution in [0, 0.1) is 11.8 Å².